The molecule has 0 aliphatic carbocycles. The molecule has 1 aliphatic rings. The van der Waals surface area contributed by atoms with Gasteiger partial charge in [0.05, 0.1) is 12.2 Å². The molecule has 1 saturated heterocycles. The molecule has 1 fully saturated rings. The second kappa shape index (κ2) is 5.87. The van der Waals surface area contributed by atoms with Crippen molar-refractivity contribution in [2.45, 2.75) is 18.9 Å². The number of hydrogen-bond donors (Lipinski definition) is 2. The van der Waals surface area contributed by atoms with E-state index < -0.39 is 5.54 Å². The molecule has 0 radical (unpaired) electrons. The molecule has 1 aliphatic heterocycles. The quantitative estimate of drug-likeness (QED) is 0.888. The Morgan fingerprint density at radius 2 is 2.04 bits per heavy atom. The summed E-state index contributed by atoms with van der Waals surface area (Å²) in [6, 6.07) is 12.8. The van der Waals surface area contributed by atoms with Crippen molar-refractivity contribution >= 4 is 17.5 Å². The number of phenols is 1. The third-order valence-electron chi connectivity index (χ3n) is 4.41. The Hall–Kier alpha value is -2.04. The van der Waals surface area contributed by atoms with E-state index in [1.165, 1.54) is 0 Å². The third kappa shape index (κ3) is 3.05. The molecule has 23 heavy (non-hydrogen) atoms. The summed E-state index contributed by atoms with van der Waals surface area (Å²) in [4.78, 5) is 13.7. The van der Waals surface area contributed by atoms with Gasteiger partial charge in [0.1, 0.15) is 5.75 Å². The van der Waals surface area contributed by atoms with Crippen molar-refractivity contribution < 1.29 is 9.90 Å². The highest BCUT2D eigenvalue weighted by Gasteiger charge is 2.34. The molecule has 0 spiro atoms. The summed E-state index contributed by atoms with van der Waals surface area (Å²) in [6.07, 6.45) is 0.397. The summed E-state index contributed by atoms with van der Waals surface area (Å²) in [6.45, 7) is 2.54. The standard InChI is InChI=1S/C18H19ClN2O2/c1-18(10-17(23)21(2)11-20-18)13-5-3-4-12(8-13)15-9-14(19)6-7-16(15)22/h3-9,20,22H,10-11H2,1-2H3/t18-/m0/s1. The van der Waals surface area contributed by atoms with E-state index in [0.717, 1.165) is 11.1 Å². The van der Waals surface area contributed by atoms with Gasteiger partial charge in [-0.05, 0) is 42.3 Å². The van der Waals surface area contributed by atoms with E-state index in [-0.39, 0.29) is 11.7 Å². The molecule has 3 rings (SSSR count). The second-order valence-electron chi connectivity index (χ2n) is 6.18. The Kier molecular flexibility index (Phi) is 4.04. The van der Waals surface area contributed by atoms with E-state index in [1.807, 2.05) is 31.2 Å². The monoisotopic (exact) mass is 330 g/mol. The van der Waals surface area contributed by atoms with Crippen LogP contribution >= 0.6 is 11.6 Å². The molecule has 2 N–H and O–H groups in total. The van der Waals surface area contributed by atoms with Gasteiger partial charge in [-0.2, -0.15) is 0 Å². The van der Waals surface area contributed by atoms with Gasteiger partial charge in [0.2, 0.25) is 5.91 Å². The Morgan fingerprint density at radius 3 is 2.78 bits per heavy atom. The zero-order chi connectivity index (χ0) is 16.6. The van der Waals surface area contributed by atoms with Gasteiger partial charge in [0, 0.05) is 24.1 Å². The average molecular weight is 331 g/mol. The minimum atomic E-state index is -0.423. The summed E-state index contributed by atoms with van der Waals surface area (Å²) in [7, 11) is 1.79. The number of nitrogens with one attached hydrogen (secondary N) is 1. The number of aromatic hydroxyl groups is 1. The molecule has 5 heteroatoms. The molecule has 2 aromatic rings. The number of amides is 1. The van der Waals surface area contributed by atoms with Crippen molar-refractivity contribution in [3.63, 3.8) is 0 Å². The summed E-state index contributed by atoms with van der Waals surface area (Å²) < 4.78 is 0. The van der Waals surface area contributed by atoms with Crippen LogP contribution in [0.3, 0.4) is 0 Å². The van der Waals surface area contributed by atoms with Crippen LogP contribution in [0.5, 0.6) is 5.75 Å². The number of carbonyl (C=O) groups is 1. The van der Waals surface area contributed by atoms with Crippen LogP contribution < -0.4 is 5.32 Å². The number of carbonyl (C=O) groups excluding carboxylic acids is 1. The molecule has 2 aromatic carbocycles. The van der Waals surface area contributed by atoms with Gasteiger partial charge >= 0.3 is 0 Å². The molecular formula is C18H19ClN2O2. The Labute approximate surface area is 140 Å². The van der Waals surface area contributed by atoms with Gasteiger partial charge < -0.3 is 10.0 Å². The van der Waals surface area contributed by atoms with Gasteiger partial charge in [0.25, 0.3) is 0 Å². The molecule has 0 saturated carbocycles. The smallest absolute Gasteiger partial charge is 0.225 e. The lowest BCUT2D eigenvalue weighted by molar-refractivity contribution is -0.135. The number of rotatable bonds is 2. The summed E-state index contributed by atoms with van der Waals surface area (Å²) in [5.41, 5.74) is 2.14. The number of benzene rings is 2. The van der Waals surface area contributed by atoms with Crippen LogP contribution in [0.25, 0.3) is 11.1 Å². The van der Waals surface area contributed by atoms with Crippen molar-refractivity contribution in [2.24, 2.45) is 0 Å². The molecule has 120 valence electrons. The van der Waals surface area contributed by atoms with Gasteiger partial charge in [-0.25, -0.2) is 0 Å². The summed E-state index contributed by atoms with van der Waals surface area (Å²) >= 11 is 6.04. The van der Waals surface area contributed by atoms with Crippen LogP contribution in [0.4, 0.5) is 0 Å². The third-order valence-corrected chi connectivity index (χ3v) is 4.64. The fraction of sp³-hybridized carbons (Fsp3) is 0.278. The van der Waals surface area contributed by atoms with E-state index in [2.05, 4.69) is 5.32 Å². The molecule has 1 amide bonds. The van der Waals surface area contributed by atoms with Crippen molar-refractivity contribution in [3.8, 4) is 16.9 Å². The Bertz CT molecular complexity index is 762. The SMILES string of the molecule is CN1CN[C@](C)(c2cccc(-c3cc(Cl)ccc3O)c2)CC1=O. The minimum absolute atomic E-state index is 0.113. The van der Waals surface area contributed by atoms with Gasteiger partial charge in [-0.1, -0.05) is 29.8 Å². The Balaban J connectivity index is 2.00. The van der Waals surface area contributed by atoms with Crippen LogP contribution in [-0.4, -0.2) is 29.6 Å². The fourth-order valence-corrected chi connectivity index (χ4v) is 3.03. The van der Waals surface area contributed by atoms with Crippen LogP contribution in [0.1, 0.15) is 18.9 Å². The highest BCUT2D eigenvalue weighted by atomic mass is 35.5. The van der Waals surface area contributed by atoms with Crippen molar-refractivity contribution in [1.82, 2.24) is 10.2 Å². The van der Waals surface area contributed by atoms with Crippen LogP contribution in [0.2, 0.25) is 5.02 Å². The maximum Gasteiger partial charge on any atom is 0.225 e. The van der Waals surface area contributed by atoms with Crippen LogP contribution in [0, 0.1) is 0 Å². The first-order valence-electron chi connectivity index (χ1n) is 7.47. The molecule has 0 unspecified atom stereocenters. The normalized spacial score (nSPS) is 21.5. The summed E-state index contributed by atoms with van der Waals surface area (Å²) in [5, 5.41) is 14.1. The van der Waals surface area contributed by atoms with E-state index in [1.54, 1.807) is 30.1 Å². The maximum absolute atomic E-state index is 12.1. The largest absolute Gasteiger partial charge is 0.507 e. The average Bonchev–Trinajstić information content (AvgIpc) is 2.54. The first kappa shape index (κ1) is 15.8. The van der Waals surface area contributed by atoms with Crippen LogP contribution in [-0.2, 0) is 10.3 Å². The predicted octanol–water partition coefficient (Wildman–Crippen LogP) is 3.34. The highest BCUT2D eigenvalue weighted by Crippen LogP contribution is 2.35. The zero-order valence-corrected chi connectivity index (χ0v) is 13.9. The number of halogens is 1. The second-order valence-corrected chi connectivity index (χ2v) is 6.61. The first-order valence-corrected chi connectivity index (χ1v) is 7.85. The van der Waals surface area contributed by atoms with Gasteiger partial charge in [-0.15, -0.1) is 0 Å². The molecule has 0 aromatic heterocycles. The fourth-order valence-electron chi connectivity index (χ4n) is 2.85. The molecule has 1 heterocycles. The topological polar surface area (TPSA) is 52.6 Å². The van der Waals surface area contributed by atoms with Crippen molar-refractivity contribution in [3.05, 3.63) is 53.1 Å². The lowest BCUT2D eigenvalue weighted by atomic mass is 9.85. The first-order chi connectivity index (χ1) is 10.9. The maximum atomic E-state index is 12.1. The van der Waals surface area contributed by atoms with E-state index in [9.17, 15) is 9.90 Å². The zero-order valence-electron chi connectivity index (χ0n) is 13.1. The van der Waals surface area contributed by atoms with E-state index in [0.29, 0.717) is 23.7 Å². The number of nitrogens with zero attached hydrogens (tertiary/aromatic N) is 1. The molecule has 0 bridgehead atoms. The molecule has 4 nitrogen and oxygen atoms in total. The van der Waals surface area contributed by atoms with Crippen molar-refractivity contribution in [1.29, 1.82) is 0 Å². The van der Waals surface area contributed by atoms with E-state index in [4.69, 9.17) is 11.6 Å². The Morgan fingerprint density at radius 1 is 1.26 bits per heavy atom. The molecular weight excluding hydrogens is 312 g/mol. The lowest BCUT2D eigenvalue weighted by Crippen LogP contribution is -2.54. The highest BCUT2D eigenvalue weighted by molar-refractivity contribution is 6.31. The van der Waals surface area contributed by atoms with Gasteiger partial charge in [0.15, 0.2) is 0 Å². The predicted molar refractivity (Wildman–Crippen MR) is 91.3 cm³/mol. The summed E-state index contributed by atoms with van der Waals surface area (Å²) in [5.74, 6) is 0.298. The minimum Gasteiger partial charge on any atom is -0.507 e. The molecule has 1 atom stereocenters. The lowest BCUT2D eigenvalue weighted by Gasteiger charge is -2.39. The van der Waals surface area contributed by atoms with Gasteiger partial charge in [-0.3, -0.25) is 10.1 Å². The number of hydrogen-bond acceptors (Lipinski definition) is 3. The van der Waals surface area contributed by atoms with Crippen LogP contribution in [0.15, 0.2) is 42.5 Å². The van der Waals surface area contributed by atoms with E-state index >= 15 is 0 Å². The van der Waals surface area contributed by atoms with Crippen molar-refractivity contribution in [2.75, 3.05) is 13.7 Å². The number of phenolic OH excluding ortho intramolecular Hbond substituents is 1.